The number of fused-ring (bicyclic) bond motifs is 3. The van der Waals surface area contributed by atoms with Crippen LogP contribution in [0.25, 0.3) is 21.5 Å². The second-order valence-electron chi connectivity index (χ2n) is 4.90. The van der Waals surface area contributed by atoms with Crippen molar-refractivity contribution >= 4 is 21.5 Å². The third-order valence-electron chi connectivity index (χ3n) is 3.68. The molecule has 0 unspecified atom stereocenters. The molecule has 0 aromatic heterocycles. The van der Waals surface area contributed by atoms with E-state index in [-0.39, 0.29) is 0 Å². The molecule has 3 rings (SSSR count). The maximum Gasteiger partial charge on any atom is -0.00760 e. The summed E-state index contributed by atoms with van der Waals surface area (Å²) in [4.78, 5) is 0. The molecule has 3 aromatic rings. The van der Waals surface area contributed by atoms with Crippen LogP contribution in [-0.4, -0.2) is 0 Å². The fraction of sp³-hybridized carbons (Fsp3) is 0.176. The lowest BCUT2D eigenvalue weighted by atomic mass is 9.95. The topological polar surface area (TPSA) is 0 Å². The van der Waals surface area contributed by atoms with Gasteiger partial charge in [-0.25, -0.2) is 0 Å². The van der Waals surface area contributed by atoms with Gasteiger partial charge in [0.2, 0.25) is 0 Å². The molecular weight excluding hydrogens is 204 g/mol. The monoisotopic (exact) mass is 220 g/mol. The summed E-state index contributed by atoms with van der Waals surface area (Å²) in [6, 6.07) is 15.6. The van der Waals surface area contributed by atoms with Crippen molar-refractivity contribution < 1.29 is 0 Å². The molecule has 0 aliphatic heterocycles. The van der Waals surface area contributed by atoms with Crippen LogP contribution in [-0.2, 0) is 0 Å². The molecule has 0 heterocycles. The van der Waals surface area contributed by atoms with Crippen molar-refractivity contribution in [3.8, 4) is 0 Å². The van der Waals surface area contributed by atoms with E-state index in [2.05, 4.69) is 63.2 Å². The zero-order valence-corrected chi connectivity index (χ0v) is 10.5. The first-order valence-electron chi connectivity index (χ1n) is 6.06. The van der Waals surface area contributed by atoms with Gasteiger partial charge in [0.15, 0.2) is 0 Å². The molecule has 0 N–H and O–H groups in total. The predicted molar refractivity (Wildman–Crippen MR) is 75.7 cm³/mol. The average molecular weight is 220 g/mol. The molecule has 0 bridgehead atoms. The fourth-order valence-electron chi connectivity index (χ4n) is 2.57. The second-order valence-corrected chi connectivity index (χ2v) is 4.90. The number of hydrogen-bond donors (Lipinski definition) is 0. The van der Waals surface area contributed by atoms with Crippen LogP contribution in [0.2, 0.25) is 0 Å². The molecule has 0 saturated heterocycles. The Balaban J connectivity index is 2.59. The van der Waals surface area contributed by atoms with E-state index in [0.29, 0.717) is 0 Å². The quantitative estimate of drug-likeness (QED) is 0.472. The van der Waals surface area contributed by atoms with Crippen molar-refractivity contribution in [2.75, 3.05) is 0 Å². The minimum Gasteiger partial charge on any atom is -0.0614 e. The van der Waals surface area contributed by atoms with Gasteiger partial charge in [0.1, 0.15) is 0 Å². The third-order valence-corrected chi connectivity index (χ3v) is 3.68. The lowest BCUT2D eigenvalue weighted by Crippen LogP contribution is -1.85. The van der Waals surface area contributed by atoms with Crippen molar-refractivity contribution in [1.82, 2.24) is 0 Å². The molecule has 0 spiro atoms. The molecular formula is C17H16. The van der Waals surface area contributed by atoms with Crippen molar-refractivity contribution in [3.05, 3.63) is 59.2 Å². The largest absolute Gasteiger partial charge is 0.0614 e. The van der Waals surface area contributed by atoms with Crippen molar-refractivity contribution in [2.45, 2.75) is 20.8 Å². The van der Waals surface area contributed by atoms with Gasteiger partial charge in [-0.3, -0.25) is 0 Å². The summed E-state index contributed by atoms with van der Waals surface area (Å²) in [6.07, 6.45) is 0. The maximum atomic E-state index is 2.32. The molecule has 84 valence electrons. The first-order chi connectivity index (χ1) is 8.16. The van der Waals surface area contributed by atoms with Gasteiger partial charge in [-0.1, -0.05) is 42.5 Å². The van der Waals surface area contributed by atoms with Crippen LogP contribution in [0, 0.1) is 20.8 Å². The lowest BCUT2D eigenvalue weighted by molar-refractivity contribution is 1.37. The Labute approximate surface area is 102 Å². The molecule has 0 aliphatic rings. The van der Waals surface area contributed by atoms with Crippen LogP contribution < -0.4 is 0 Å². The number of hydrogen-bond acceptors (Lipinski definition) is 0. The Kier molecular flexibility index (Phi) is 2.19. The van der Waals surface area contributed by atoms with Crippen molar-refractivity contribution in [3.63, 3.8) is 0 Å². The Morgan fingerprint density at radius 3 is 2.18 bits per heavy atom. The summed E-state index contributed by atoms with van der Waals surface area (Å²) in [5, 5.41) is 5.45. The summed E-state index contributed by atoms with van der Waals surface area (Å²) in [6.45, 7) is 6.56. The molecule has 0 aliphatic carbocycles. The minimum atomic E-state index is 1.33. The number of rotatable bonds is 0. The predicted octanol–water partition coefficient (Wildman–Crippen LogP) is 4.92. The number of aryl methyl sites for hydroxylation is 3. The van der Waals surface area contributed by atoms with E-state index in [4.69, 9.17) is 0 Å². The van der Waals surface area contributed by atoms with Crippen molar-refractivity contribution in [1.29, 1.82) is 0 Å². The average Bonchev–Trinajstić information content (AvgIpc) is 2.31. The molecule has 0 atom stereocenters. The minimum absolute atomic E-state index is 1.33. The lowest BCUT2D eigenvalue weighted by Gasteiger charge is -2.09. The van der Waals surface area contributed by atoms with E-state index in [0.717, 1.165) is 0 Å². The molecule has 0 heteroatoms. The van der Waals surface area contributed by atoms with E-state index in [1.165, 1.54) is 38.2 Å². The standard InChI is InChI=1S/C17H16/c1-11-5-4-6-14-7-8-15-9-12(2)13(3)10-16(15)17(11)14/h4-10H,1-3H3. The number of benzene rings is 3. The highest BCUT2D eigenvalue weighted by atomic mass is 14.1. The summed E-state index contributed by atoms with van der Waals surface area (Å²) in [7, 11) is 0. The van der Waals surface area contributed by atoms with Gasteiger partial charge in [0.05, 0.1) is 0 Å². The highest BCUT2D eigenvalue weighted by Gasteiger charge is 2.04. The van der Waals surface area contributed by atoms with Crippen LogP contribution in [0.3, 0.4) is 0 Å². The molecule has 0 radical (unpaired) electrons. The molecule has 0 amide bonds. The normalized spacial score (nSPS) is 11.2. The van der Waals surface area contributed by atoms with Crippen LogP contribution in [0.1, 0.15) is 16.7 Å². The summed E-state index contributed by atoms with van der Waals surface area (Å²) in [5.41, 5.74) is 4.09. The zero-order valence-electron chi connectivity index (χ0n) is 10.5. The van der Waals surface area contributed by atoms with Gasteiger partial charge in [-0.2, -0.15) is 0 Å². The SMILES string of the molecule is Cc1cc2ccc3cccc(C)c3c2cc1C. The van der Waals surface area contributed by atoms with E-state index < -0.39 is 0 Å². The summed E-state index contributed by atoms with van der Waals surface area (Å²) >= 11 is 0. The molecule has 17 heavy (non-hydrogen) atoms. The smallest absolute Gasteiger partial charge is 0.00760 e. The van der Waals surface area contributed by atoms with E-state index >= 15 is 0 Å². The maximum absolute atomic E-state index is 2.32. The Morgan fingerprint density at radius 2 is 1.35 bits per heavy atom. The Hall–Kier alpha value is -1.82. The third kappa shape index (κ3) is 1.52. The molecule has 0 nitrogen and oxygen atoms in total. The van der Waals surface area contributed by atoms with E-state index in [1.807, 2.05) is 0 Å². The zero-order chi connectivity index (χ0) is 12.0. The van der Waals surface area contributed by atoms with Gasteiger partial charge in [-0.15, -0.1) is 0 Å². The Bertz CT molecular complexity index is 721. The van der Waals surface area contributed by atoms with E-state index in [1.54, 1.807) is 0 Å². The summed E-state index contributed by atoms with van der Waals surface area (Å²) < 4.78 is 0. The van der Waals surface area contributed by atoms with Crippen LogP contribution in [0.5, 0.6) is 0 Å². The molecule has 0 saturated carbocycles. The van der Waals surface area contributed by atoms with Crippen LogP contribution >= 0.6 is 0 Å². The Morgan fingerprint density at radius 1 is 0.647 bits per heavy atom. The van der Waals surface area contributed by atoms with Gasteiger partial charge in [-0.05, 0) is 59.0 Å². The van der Waals surface area contributed by atoms with Gasteiger partial charge >= 0.3 is 0 Å². The van der Waals surface area contributed by atoms with Gasteiger partial charge in [0.25, 0.3) is 0 Å². The highest BCUT2D eigenvalue weighted by molar-refractivity contribution is 6.09. The second kappa shape index (κ2) is 3.59. The van der Waals surface area contributed by atoms with Crippen LogP contribution in [0.4, 0.5) is 0 Å². The first-order valence-corrected chi connectivity index (χ1v) is 6.06. The van der Waals surface area contributed by atoms with Crippen LogP contribution in [0.15, 0.2) is 42.5 Å². The van der Waals surface area contributed by atoms with Gasteiger partial charge in [0, 0.05) is 0 Å². The summed E-state index contributed by atoms with van der Waals surface area (Å²) in [5.74, 6) is 0. The molecule has 3 aromatic carbocycles. The van der Waals surface area contributed by atoms with Crippen molar-refractivity contribution in [2.24, 2.45) is 0 Å². The first kappa shape index (κ1) is 10.3. The van der Waals surface area contributed by atoms with Gasteiger partial charge < -0.3 is 0 Å². The fourth-order valence-corrected chi connectivity index (χ4v) is 2.57. The molecule has 0 fully saturated rings. The van der Waals surface area contributed by atoms with E-state index in [9.17, 15) is 0 Å². The highest BCUT2D eigenvalue weighted by Crippen LogP contribution is 2.29.